The van der Waals surface area contributed by atoms with Crippen LogP contribution in [-0.4, -0.2) is 18.8 Å². The van der Waals surface area contributed by atoms with Gasteiger partial charge in [0, 0.05) is 23.6 Å². The van der Waals surface area contributed by atoms with Crippen LogP contribution in [0.15, 0.2) is 17.1 Å². The molecule has 3 heteroatoms. The first-order chi connectivity index (χ1) is 8.69. The zero-order valence-electron chi connectivity index (χ0n) is 10.5. The van der Waals surface area contributed by atoms with Gasteiger partial charge in [-0.3, -0.25) is 4.99 Å². The molecule has 18 heavy (non-hydrogen) atoms. The number of piperidine rings is 1. The Morgan fingerprint density at radius 3 is 3.22 bits per heavy atom. The summed E-state index contributed by atoms with van der Waals surface area (Å²) in [7, 11) is 0. The van der Waals surface area contributed by atoms with E-state index in [1.807, 2.05) is 12.3 Å². The Morgan fingerprint density at radius 1 is 1.44 bits per heavy atom. The summed E-state index contributed by atoms with van der Waals surface area (Å²) in [6, 6.07) is 3.83. The van der Waals surface area contributed by atoms with Crippen LogP contribution in [0.4, 0.5) is 10.1 Å². The van der Waals surface area contributed by atoms with Crippen LogP contribution < -0.4 is 5.32 Å². The maximum Gasteiger partial charge on any atom is 0.127 e. The third-order valence-electron chi connectivity index (χ3n) is 4.83. The number of hydrogen-bond acceptors (Lipinski definition) is 2. The molecule has 1 N–H and O–H groups in total. The summed E-state index contributed by atoms with van der Waals surface area (Å²) in [4.78, 5) is 4.50. The van der Waals surface area contributed by atoms with E-state index in [2.05, 4.69) is 17.2 Å². The van der Waals surface area contributed by atoms with Gasteiger partial charge >= 0.3 is 0 Å². The second-order valence-electron chi connectivity index (χ2n) is 6.04. The number of nitrogens with zero attached hydrogens (tertiary/aromatic N) is 1. The van der Waals surface area contributed by atoms with E-state index in [-0.39, 0.29) is 11.2 Å². The molecule has 0 spiro atoms. The normalized spacial score (nSPS) is 36.3. The van der Waals surface area contributed by atoms with Crippen LogP contribution in [0.25, 0.3) is 0 Å². The lowest BCUT2D eigenvalue weighted by molar-refractivity contribution is 0.280. The van der Waals surface area contributed by atoms with Gasteiger partial charge in [-0.2, -0.15) is 0 Å². The van der Waals surface area contributed by atoms with Gasteiger partial charge in [0.1, 0.15) is 5.82 Å². The molecule has 3 atom stereocenters. The van der Waals surface area contributed by atoms with Gasteiger partial charge in [-0.15, -0.1) is 0 Å². The highest BCUT2D eigenvalue weighted by atomic mass is 19.1. The Hall–Kier alpha value is -1.22. The van der Waals surface area contributed by atoms with E-state index < -0.39 is 0 Å². The number of benzene rings is 1. The Bertz CT molecular complexity index is 552. The second kappa shape index (κ2) is 3.41. The predicted octanol–water partition coefficient (Wildman–Crippen LogP) is 3.04. The van der Waals surface area contributed by atoms with E-state index in [0.717, 1.165) is 42.6 Å². The van der Waals surface area contributed by atoms with Gasteiger partial charge < -0.3 is 5.32 Å². The van der Waals surface area contributed by atoms with Gasteiger partial charge in [0.05, 0.1) is 5.69 Å². The van der Waals surface area contributed by atoms with Gasteiger partial charge in [0.25, 0.3) is 0 Å². The van der Waals surface area contributed by atoms with Crippen molar-refractivity contribution in [3.63, 3.8) is 0 Å². The van der Waals surface area contributed by atoms with Crippen molar-refractivity contribution in [1.29, 1.82) is 0 Å². The van der Waals surface area contributed by atoms with Crippen molar-refractivity contribution in [2.24, 2.45) is 4.99 Å². The maximum absolute atomic E-state index is 14.3. The lowest BCUT2D eigenvalue weighted by Gasteiger charge is -2.44. The fourth-order valence-electron chi connectivity index (χ4n) is 4.05. The lowest BCUT2D eigenvalue weighted by atomic mass is 9.64. The van der Waals surface area contributed by atoms with Crippen LogP contribution in [0.3, 0.4) is 0 Å². The van der Waals surface area contributed by atoms with E-state index in [4.69, 9.17) is 0 Å². The van der Waals surface area contributed by atoms with Crippen molar-refractivity contribution >= 4 is 11.9 Å². The van der Waals surface area contributed by atoms with E-state index in [0.29, 0.717) is 12.0 Å². The molecular weight excluding hydrogens is 227 g/mol. The first-order valence-electron chi connectivity index (χ1n) is 6.80. The minimum atomic E-state index is -0.0712. The third kappa shape index (κ3) is 1.23. The standard InChI is InChI=1S/C15H17FN2/c1-15-7-12-9(3-2-6-17-12)13-10(16)4-5-11(14(13)15)18-8-15/h4-5,8-9,12,17H,2-3,6-7H2,1H3/t9-,12+,15?/m0/s1. The Labute approximate surface area is 106 Å². The number of aliphatic imine (C=N–C) groups is 1. The average molecular weight is 244 g/mol. The van der Waals surface area contributed by atoms with Gasteiger partial charge in [0.2, 0.25) is 0 Å². The fourth-order valence-corrected chi connectivity index (χ4v) is 4.05. The maximum atomic E-state index is 14.3. The van der Waals surface area contributed by atoms with Gasteiger partial charge in [-0.25, -0.2) is 4.39 Å². The summed E-state index contributed by atoms with van der Waals surface area (Å²) in [5, 5.41) is 3.57. The summed E-state index contributed by atoms with van der Waals surface area (Å²) >= 11 is 0. The molecule has 0 radical (unpaired) electrons. The molecule has 2 nitrogen and oxygen atoms in total. The molecule has 3 aliphatic rings. The molecule has 1 aliphatic carbocycles. The van der Waals surface area contributed by atoms with Crippen molar-refractivity contribution in [3.8, 4) is 0 Å². The van der Waals surface area contributed by atoms with Crippen LogP contribution in [0.2, 0.25) is 0 Å². The second-order valence-corrected chi connectivity index (χ2v) is 6.04. The highest BCUT2D eigenvalue weighted by Crippen LogP contribution is 2.52. The number of nitrogens with one attached hydrogen (secondary N) is 1. The zero-order chi connectivity index (χ0) is 12.3. The monoisotopic (exact) mass is 244 g/mol. The Morgan fingerprint density at radius 2 is 2.33 bits per heavy atom. The van der Waals surface area contributed by atoms with Crippen LogP contribution in [-0.2, 0) is 5.41 Å². The SMILES string of the molecule is CC12C=Nc3ccc(F)c(c31)[C@H]1CCCN[C@@H]1C2. The Kier molecular flexibility index (Phi) is 2.03. The van der Waals surface area contributed by atoms with Crippen LogP contribution in [0.1, 0.15) is 43.2 Å². The molecule has 1 saturated heterocycles. The number of halogens is 1. The van der Waals surface area contributed by atoms with E-state index in [1.54, 1.807) is 6.07 Å². The molecule has 1 aromatic rings. The molecule has 2 heterocycles. The summed E-state index contributed by atoms with van der Waals surface area (Å²) in [6.45, 7) is 3.25. The van der Waals surface area contributed by atoms with Crippen LogP contribution >= 0.6 is 0 Å². The van der Waals surface area contributed by atoms with Gasteiger partial charge in [-0.1, -0.05) is 6.92 Å². The molecule has 1 aromatic carbocycles. The first-order valence-corrected chi connectivity index (χ1v) is 6.80. The minimum Gasteiger partial charge on any atom is -0.313 e. The summed E-state index contributed by atoms with van der Waals surface area (Å²) in [5.41, 5.74) is 3.01. The molecule has 0 bridgehead atoms. The number of rotatable bonds is 0. The highest BCUT2D eigenvalue weighted by molar-refractivity contribution is 5.87. The minimum absolute atomic E-state index is 0.0381. The van der Waals surface area contributed by atoms with Crippen molar-refractivity contribution < 1.29 is 4.39 Å². The molecule has 1 fully saturated rings. The molecular formula is C15H17FN2. The number of hydrogen-bond donors (Lipinski definition) is 1. The summed E-state index contributed by atoms with van der Waals surface area (Å²) in [6.07, 6.45) is 5.31. The van der Waals surface area contributed by atoms with Crippen molar-refractivity contribution in [2.75, 3.05) is 6.54 Å². The molecule has 94 valence electrons. The largest absolute Gasteiger partial charge is 0.313 e. The van der Waals surface area contributed by atoms with Crippen LogP contribution in [0.5, 0.6) is 0 Å². The molecule has 4 rings (SSSR count). The van der Waals surface area contributed by atoms with Crippen molar-refractivity contribution in [1.82, 2.24) is 5.32 Å². The van der Waals surface area contributed by atoms with Crippen LogP contribution in [0, 0.1) is 5.82 Å². The lowest BCUT2D eigenvalue weighted by Crippen LogP contribution is -2.48. The molecule has 0 aromatic heterocycles. The Balaban J connectivity index is 1.97. The van der Waals surface area contributed by atoms with E-state index >= 15 is 0 Å². The van der Waals surface area contributed by atoms with E-state index in [9.17, 15) is 4.39 Å². The molecule has 0 saturated carbocycles. The van der Waals surface area contributed by atoms with Gasteiger partial charge in [-0.05, 0) is 49.1 Å². The molecule has 2 aliphatic heterocycles. The predicted molar refractivity (Wildman–Crippen MR) is 70.3 cm³/mol. The first kappa shape index (κ1) is 10.7. The van der Waals surface area contributed by atoms with Crippen molar-refractivity contribution in [3.05, 3.63) is 29.1 Å². The third-order valence-corrected chi connectivity index (χ3v) is 4.83. The topological polar surface area (TPSA) is 24.4 Å². The quantitative estimate of drug-likeness (QED) is 0.745. The average Bonchev–Trinajstić information content (AvgIpc) is 2.70. The molecule has 0 amide bonds. The highest BCUT2D eigenvalue weighted by Gasteiger charge is 2.46. The smallest absolute Gasteiger partial charge is 0.127 e. The zero-order valence-corrected chi connectivity index (χ0v) is 10.5. The van der Waals surface area contributed by atoms with E-state index in [1.165, 1.54) is 0 Å². The summed E-state index contributed by atoms with van der Waals surface area (Å²) in [5.74, 6) is 0.298. The molecule has 1 unspecified atom stereocenters. The number of fused-ring (bicyclic) bond motifs is 2. The summed E-state index contributed by atoms with van der Waals surface area (Å²) < 4.78 is 14.3. The fraction of sp³-hybridized carbons (Fsp3) is 0.533. The van der Waals surface area contributed by atoms with Crippen molar-refractivity contribution in [2.45, 2.75) is 43.6 Å². The van der Waals surface area contributed by atoms with Gasteiger partial charge in [0.15, 0.2) is 0 Å².